The Morgan fingerprint density at radius 1 is 0.641 bits per heavy atom. The zero-order chi connectivity index (χ0) is 68.4. The first-order valence-corrected chi connectivity index (χ1v) is 33.5. The predicted octanol–water partition coefficient (Wildman–Crippen LogP) is 5.65. The Morgan fingerprint density at radius 3 is 1.86 bits per heavy atom. The lowest BCUT2D eigenvalue weighted by Gasteiger charge is -2.44. The Bertz CT molecular complexity index is 2870. The minimum Gasteiger partial charge on any atom is -0.343 e. The number of rotatable bonds is 10. The van der Waals surface area contributed by atoms with E-state index in [1.165, 1.54) is 82.7 Å². The summed E-state index contributed by atoms with van der Waals surface area (Å²) in [7, 11) is 8.84. The van der Waals surface area contributed by atoms with Crippen molar-refractivity contribution in [3.05, 3.63) is 34.3 Å². The molecule has 5 aliphatic rings. The van der Waals surface area contributed by atoms with E-state index in [1.54, 1.807) is 27.7 Å². The third kappa shape index (κ3) is 17.8. The molecular weight excluding hydrogens is 1220 g/mol. The molecule has 92 heavy (non-hydrogen) atoms. The Kier molecular flexibility index (Phi) is 26.0. The molecule has 0 radical (unpaired) electrons. The van der Waals surface area contributed by atoms with E-state index in [4.69, 9.17) is 11.6 Å². The first-order valence-electron chi connectivity index (χ1n) is 33.1. The van der Waals surface area contributed by atoms with E-state index in [-0.39, 0.29) is 82.7 Å². The largest absolute Gasteiger partial charge is 0.417 e. The lowest BCUT2D eigenvalue weighted by atomic mass is 9.84. The molecule has 6 rings (SSSR count). The van der Waals surface area contributed by atoms with Crippen molar-refractivity contribution in [2.45, 2.75) is 224 Å². The molecule has 9 atom stereocenters. The van der Waals surface area contributed by atoms with Crippen LogP contribution in [0.5, 0.6) is 0 Å². The quantitative estimate of drug-likeness (QED) is 0.258. The Labute approximate surface area is 546 Å². The third-order valence-electron chi connectivity index (χ3n) is 20.0. The predicted molar refractivity (Wildman–Crippen MR) is 340 cm³/mol. The van der Waals surface area contributed by atoms with E-state index < -0.39 is 161 Å². The fraction of sp³-hybridized carbons (Fsp3) is 0.742. The molecule has 1 aromatic rings. The number of carbonyl (C=O) groups is 11. The number of benzene rings is 1. The number of alkyl halides is 3. The summed E-state index contributed by atoms with van der Waals surface area (Å²) in [6, 6.07) is -5.45. The van der Waals surface area contributed by atoms with Crippen LogP contribution < -0.4 is 16.0 Å². The van der Waals surface area contributed by atoms with Gasteiger partial charge in [-0.2, -0.15) is 13.2 Å². The number of aryl methyl sites for hydroxylation is 1. The molecule has 0 bridgehead atoms. The highest BCUT2D eigenvalue weighted by molar-refractivity contribution is 6.31. The monoisotopic (exact) mass is 1320 g/mol. The van der Waals surface area contributed by atoms with Gasteiger partial charge in [0.05, 0.1) is 23.7 Å². The van der Waals surface area contributed by atoms with E-state index in [9.17, 15) is 56.3 Å². The molecular formula is C66H101ClF3N11O11. The average Bonchev–Trinajstić information content (AvgIpc) is 1.05. The molecule has 2 aliphatic carbocycles. The van der Waals surface area contributed by atoms with E-state index >= 15 is 9.59 Å². The summed E-state index contributed by atoms with van der Waals surface area (Å²) in [5, 5.41) is 8.14. The van der Waals surface area contributed by atoms with Crippen molar-refractivity contribution in [3.8, 4) is 0 Å². The molecule has 22 nitrogen and oxygen atoms in total. The van der Waals surface area contributed by atoms with Crippen molar-refractivity contribution in [2.75, 3.05) is 68.5 Å². The summed E-state index contributed by atoms with van der Waals surface area (Å²) in [4.78, 5) is 172. The van der Waals surface area contributed by atoms with Crippen LogP contribution in [0.15, 0.2) is 18.2 Å². The van der Waals surface area contributed by atoms with Crippen LogP contribution >= 0.6 is 11.6 Å². The third-order valence-corrected chi connectivity index (χ3v) is 20.3. The van der Waals surface area contributed by atoms with Crippen LogP contribution in [0.2, 0.25) is 5.02 Å². The number of nitrogens with zero attached hydrogens (tertiary/aromatic N) is 8. The van der Waals surface area contributed by atoms with Gasteiger partial charge in [-0.3, -0.25) is 52.7 Å². The number of nitrogens with one attached hydrogen (secondary N) is 3. The van der Waals surface area contributed by atoms with Crippen LogP contribution in [0, 0.1) is 23.7 Å². The SMILES string of the molecule is CC[C@H](C)[C@@H]1NC(=O)[C@H](CC(C)C)N(C)C(=O)C[C@@H](C)N(C)C(=O)[C@H](C(C)C)N(C)C(=O)C2(CCCC2)NC(=O)[C@@H]2CCCN2C(=O)[C@H](CCc2ccc(C(F)(F)F)c(Cl)c2)NC(=O)CN(C)C(=O)[C@H](CC2CCCCC2)N(C)C(=O)[C@@H]2CCN2C(=O)CN(C)C1=O. The number of hydrogen-bond donors (Lipinski definition) is 3. The Morgan fingerprint density at radius 2 is 1.28 bits per heavy atom. The highest BCUT2D eigenvalue weighted by Gasteiger charge is 2.50. The maximum absolute atomic E-state index is 15.1. The van der Waals surface area contributed by atoms with Gasteiger partial charge in [0.1, 0.15) is 47.8 Å². The fourth-order valence-corrected chi connectivity index (χ4v) is 14.2. The zero-order valence-corrected chi connectivity index (χ0v) is 57.1. The van der Waals surface area contributed by atoms with Crippen LogP contribution in [-0.4, -0.2) is 227 Å². The standard InChI is InChI=1S/C66H101ClF3N11O11/c1-14-41(6)55-62(90)75(9)38-54(84)80-32-28-49(80)61(89)78(12)51(36-43-21-16-15-17-22-43)60(88)74(8)37-52(82)71-47(27-25-44-24-26-45(46(67)35-44)66(68,69)70)59(87)81-31-20-23-48(81)58(86)73-65(29-18-19-30-65)64(92)79(13)56(40(4)5)63(91)76(10)42(7)34-53(83)77(11)50(33-39(2)3)57(85)72-55/h24,26,35,39-43,47-51,55-56H,14-23,25,27-34,36-38H2,1-13H3,(H,71,82)(H,72,85)(H,73,86)/t41-,42+,47-,48-,49-,50-,51-,55-,56-/m0/s1. The van der Waals surface area contributed by atoms with Gasteiger partial charge in [0.25, 0.3) is 0 Å². The van der Waals surface area contributed by atoms with Crippen LogP contribution in [0.25, 0.3) is 0 Å². The highest BCUT2D eigenvalue weighted by atomic mass is 35.5. The van der Waals surface area contributed by atoms with Gasteiger partial charge in [-0.1, -0.05) is 111 Å². The average molecular weight is 1320 g/mol. The molecule has 2 saturated carbocycles. The number of carbonyl (C=O) groups excluding carboxylic acids is 11. The second kappa shape index (κ2) is 32.1. The van der Waals surface area contributed by atoms with Gasteiger partial charge >= 0.3 is 6.18 Å². The topological polar surface area (TPSA) is 250 Å². The van der Waals surface area contributed by atoms with Gasteiger partial charge in [-0.15, -0.1) is 0 Å². The molecule has 3 aliphatic heterocycles. The molecule has 1 aromatic carbocycles. The lowest BCUT2D eigenvalue weighted by Crippen LogP contribution is -2.64. The van der Waals surface area contributed by atoms with Gasteiger partial charge in [0.2, 0.25) is 65.0 Å². The number of amides is 11. The molecule has 514 valence electrons. The Balaban J connectivity index is 1.38. The van der Waals surface area contributed by atoms with Crippen LogP contribution in [0.4, 0.5) is 13.2 Å². The minimum atomic E-state index is -4.74. The lowest BCUT2D eigenvalue weighted by molar-refractivity contribution is -0.158. The van der Waals surface area contributed by atoms with Crippen molar-refractivity contribution >= 4 is 76.6 Å². The van der Waals surface area contributed by atoms with Crippen molar-refractivity contribution < 1.29 is 65.9 Å². The fourth-order valence-electron chi connectivity index (χ4n) is 13.9. The molecule has 26 heteroatoms. The van der Waals surface area contributed by atoms with Gasteiger partial charge in [-0.05, 0) is 106 Å². The zero-order valence-electron chi connectivity index (χ0n) is 56.3. The van der Waals surface area contributed by atoms with Crippen molar-refractivity contribution in [1.82, 2.24) is 55.1 Å². The maximum atomic E-state index is 15.1. The van der Waals surface area contributed by atoms with Crippen molar-refractivity contribution in [2.24, 2.45) is 23.7 Å². The summed E-state index contributed by atoms with van der Waals surface area (Å²) in [6.45, 7) is 11.9. The normalized spacial score (nSPS) is 27.4. The molecule has 3 N–H and O–H groups in total. The molecule has 11 amide bonds. The van der Waals surface area contributed by atoms with Crippen molar-refractivity contribution in [3.63, 3.8) is 0 Å². The number of fused-ring (bicyclic) bond motifs is 2. The summed E-state index contributed by atoms with van der Waals surface area (Å²) < 4.78 is 41.4. The van der Waals surface area contributed by atoms with Gasteiger partial charge in [0, 0.05) is 67.8 Å². The first kappa shape index (κ1) is 74.5. The molecule has 5 fully saturated rings. The summed E-state index contributed by atoms with van der Waals surface area (Å²) in [5.74, 6) is -7.39. The molecule has 0 aromatic heterocycles. The number of likely N-dealkylation sites (N-methyl/N-ethyl adjacent to an activating group) is 6. The second-order valence-electron chi connectivity index (χ2n) is 27.6. The van der Waals surface area contributed by atoms with Crippen LogP contribution in [-0.2, 0) is 65.3 Å². The molecule has 3 heterocycles. The molecule has 0 unspecified atom stereocenters. The summed E-state index contributed by atoms with van der Waals surface area (Å²) in [5.41, 5.74) is -2.24. The van der Waals surface area contributed by atoms with Gasteiger partial charge in [-0.25, -0.2) is 0 Å². The van der Waals surface area contributed by atoms with Crippen LogP contribution in [0.1, 0.15) is 169 Å². The highest BCUT2D eigenvalue weighted by Crippen LogP contribution is 2.37. The smallest absolute Gasteiger partial charge is 0.343 e. The number of halogens is 4. The van der Waals surface area contributed by atoms with E-state index in [0.29, 0.717) is 31.2 Å². The maximum Gasteiger partial charge on any atom is 0.417 e. The van der Waals surface area contributed by atoms with E-state index in [2.05, 4.69) is 16.0 Å². The number of hydrogen-bond acceptors (Lipinski definition) is 11. The second-order valence-corrected chi connectivity index (χ2v) is 28.0. The van der Waals surface area contributed by atoms with E-state index in [0.717, 1.165) is 49.1 Å². The van der Waals surface area contributed by atoms with E-state index in [1.807, 2.05) is 20.8 Å². The van der Waals surface area contributed by atoms with Crippen LogP contribution in [0.3, 0.4) is 0 Å². The van der Waals surface area contributed by atoms with Gasteiger partial charge in [0.15, 0.2) is 0 Å². The van der Waals surface area contributed by atoms with Gasteiger partial charge < -0.3 is 55.1 Å². The minimum absolute atomic E-state index is 0.0426. The Hall–Kier alpha value is -6.53. The molecule has 1 spiro atoms. The molecule has 3 saturated heterocycles. The first-order chi connectivity index (χ1) is 43.1. The summed E-state index contributed by atoms with van der Waals surface area (Å²) in [6.07, 6.45) is 2.46. The van der Waals surface area contributed by atoms with Crippen molar-refractivity contribution in [1.29, 1.82) is 0 Å². The summed E-state index contributed by atoms with van der Waals surface area (Å²) >= 11 is 6.13.